The van der Waals surface area contributed by atoms with Crippen molar-refractivity contribution < 1.29 is 0 Å². The molecule has 0 heterocycles. The molecule has 0 aliphatic carbocycles. The second-order valence-electron chi connectivity index (χ2n) is 4.98. The minimum Gasteiger partial charge on any atom is -0.158 e. The average Bonchev–Trinajstić information content (AvgIpc) is 2.62. The Kier molecular flexibility index (Phi) is 5.12. The highest BCUT2D eigenvalue weighted by Crippen LogP contribution is 2.12. The van der Waals surface area contributed by atoms with E-state index >= 15 is 0 Å². The Morgan fingerprint density at radius 1 is 0.696 bits per heavy atom. The van der Waals surface area contributed by atoms with Gasteiger partial charge in [-0.15, -0.1) is 5.10 Å². The van der Waals surface area contributed by atoms with Gasteiger partial charge < -0.3 is 0 Å². The molecule has 3 aromatic carbocycles. The number of halogens is 1. The number of nitrogens with zero attached hydrogens (tertiary/aromatic N) is 2. The lowest BCUT2D eigenvalue weighted by molar-refractivity contribution is 1.24. The second kappa shape index (κ2) is 7.65. The zero-order valence-corrected chi connectivity index (χ0v) is 14.0. The van der Waals surface area contributed by atoms with Gasteiger partial charge in [0.2, 0.25) is 0 Å². The Labute approximate surface area is 144 Å². The molecule has 0 saturated carbocycles. The summed E-state index contributed by atoms with van der Waals surface area (Å²) in [6.45, 7) is 0. The maximum Gasteiger partial charge on any atom is 0.100 e. The van der Waals surface area contributed by atoms with Crippen molar-refractivity contribution in [3.05, 3.63) is 106 Å². The molecule has 112 valence electrons. The van der Waals surface area contributed by atoms with Crippen LogP contribution in [0.25, 0.3) is 0 Å². The van der Waals surface area contributed by atoms with E-state index in [2.05, 4.69) is 26.1 Å². The van der Waals surface area contributed by atoms with E-state index in [-0.39, 0.29) is 0 Å². The van der Waals surface area contributed by atoms with Crippen LogP contribution in [-0.4, -0.2) is 11.9 Å². The van der Waals surface area contributed by atoms with Crippen molar-refractivity contribution in [2.75, 3.05) is 0 Å². The molecule has 0 fully saturated rings. The van der Waals surface area contributed by atoms with Gasteiger partial charge in [0.05, 0.1) is 6.21 Å². The Morgan fingerprint density at radius 3 is 1.74 bits per heavy atom. The fourth-order valence-corrected chi connectivity index (χ4v) is 2.44. The molecule has 0 saturated heterocycles. The monoisotopic (exact) mass is 362 g/mol. The Hall–Kier alpha value is -2.52. The van der Waals surface area contributed by atoms with E-state index in [1.54, 1.807) is 6.21 Å². The highest BCUT2D eigenvalue weighted by Gasteiger charge is 2.05. The maximum atomic E-state index is 4.46. The fourth-order valence-electron chi connectivity index (χ4n) is 2.18. The van der Waals surface area contributed by atoms with Gasteiger partial charge in [-0.1, -0.05) is 88.7 Å². The molecule has 0 aromatic heterocycles. The summed E-state index contributed by atoms with van der Waals surface area (Å²) < 4.78 is 1.05. The molecule has 3 aromatic rings. The highest BCUT2D eigenvalue weighted by molar-refractivity contribution is 9.10. The van der Waals surface area contributed by atoms with Crippen molar-refractivity contribution in [2.24, 2.45) is 10.2 Å². The van der Waals surface area contributed by atoms with Crippen LogP contribution in [0, 0.1) is 0 Å². The summed E-state index contributed by atoms with van der Waals surface area (Å²) in [6.07, 6.45) is 1.76. The summed E-state index contributed by atoms with van der Waals surface area (Å²) in [5.74, 6) is 0. The predicted octanol–water partition coefficient (Wildman–Crippen LogP) is 5.32. The first-order valence-electron chi connectivity index (χ1n) is 7.30. The van der Waals surface area contributed by atoms with Crippen LogP contribution in [0.5, 0.6) is 0 Å². The molecule has 0 bridgehead atoms. The van der Waals surface area contributed by atoms with Crippen LogP contribution in [0.3, 0.4) is 0 Å². The molecule has 0 spiro atoms. The molecule has 0 aliphatic heterocycles. The molecule has 3 heteroatoms. The average molecular weight is 363 g/mol. The molecule has 0 atom stereocenters. The van der Waals surface area contributed by atoms with Crippen molar-refractivity contribution in [1.82, 2.24) is 0 Å². The quantitative estimate of drug-likeness (QED) is 0.443. The number of benzene rings is 3. The van der Waals surface area contributed by atoms with Gasteiger partial charge in [-0.3, -0.25) is 0 Å². The molecule has 23 heavy (non-hydrogen) atoms. The molecular formula is C20H15BrN2. The lowest BCUT2D eigenvalue weighted by Crippen LogP contribution is -2.02. The van der Waals surface area contributed by atoms with Crippen molar-refractivity contribution in [3.63, 3.8) is 0 Å². The SMILES string of the molecule is Brc1ccc(/C=N\N=C(c2ccccc2)c2ccccc2)cc1. The molecule has 0 radical (unpaired) electrons. The molecule has 0 N–H and O–H groups in total. The van der Waals surface area contributed by atoms with E-state index in [4.69, 9.17) is 0 Å². The lowest BCUT2D eigenvalue weighted by atomic mass is 10.0. The molecule has 2 nitrogen and oxygen atoms in total. The predicted molar refractivity (Wildman–Crippen MR) is 100 cm³/mol. The van der Waals surface area contributed by atoms with Crippen molar-refractivity contribution in [1.29, 1.82) is 0 Å². The van der Waals surface area contributed by atoms with Gasteiger partial charge >= 0.3 is 0 Å². The third-order valence-electron chi connectivity index (χ3n) is 3.33. The fraction of sp³-hybridized carbons (Fsp3) is 0. The Morgan fingerprint density at radius 2 is 1.22 bits per heavy atom. The third kappa shape index (κ3) is 4.24. The third-order valence-corrected chi connectivity index (χ3v) is 3.86. The van der Waals surface area contributed by atoms with Crippen LogP contribution < -0.4 is 0 Å². The van der Waals surface area contributed by atoms with E-state index < -0.39 is 0 Å². The van der Waals surface area contributed by atoms with Gasteiger partial charge in [0, 0.05) is 15.6 Å². The first-order valence-corrected chi connectivity index (χ1v) is 8.10. The second-order valence-corrected chi connectivity index (χ2v) is 5.89. The Bertz CT molecular complexity index is 766. The van der Waals surface area contributed by atoms with Gasteiger partial charge in [0.1, 0.15) is 5.71 Å². The van der Waals surface area contributed by atoms with Crippen LogP contribution in [0.2, 0.25) is 0 Å². The van der Waals surface area contributed by atoms with Crippen molar-refractivity contribution in [2.45, 2.75) is 0 Å². The lowest BCUT2D eigenvalue weighted by Gasteiger charge is -2.05. The van der Waals surface area contributed by atoms with E-state index in [1.165, 1.54) is 0 Å². The summed E-state index contributed by atoms with van der Waals surface area (Å²) in [5.41, 5.74) is 3.97. The van der Waals surface area contributed by atoms with Gasteiger partial charge in [-0.2, -0.15) is 5.10 Å². The molecule has 3 rings (SSSR count). The van der Waals surface area contributed by atoms with Crippen LogP contribution in [-0.2, 0) is 0 Å². The van der Waals surface area contributed by atoms with Crippen LogP contribution >= 0.6 is 15.9 Å². The zero-order chi connectivity index (χ0) is 15.9. The van der Waals surface area contributed by atoms with Crippen LogP contribution in [0.1, 0.15) is 16.7 Å². The highest BCUT2D eigenvalue weighted by atomic mass is 79.9. The Balaban J connectivity index is 1.93. The number of hydrogen-bond donors (Lipinski definition) is 0. The molecule has 0 amide bonds. The van der Waals surface area contributed by atoms with E-state index in [1.807, 2.05) is 84.9 Å². The van der Waals surface area contributed by atoms with Gasteiger partial charge in [-0.25, -0.2) is 0 Å². The minimum atomic E-state index is 0.861. The number of rotatable bonds is 4. The maximum absolute atomic E-state index is 4.46. The van der Waals surface area contributed by atoms with Crippen molar-refractivity contribution >= 4 is 27.9 Å². The first kappa shape index (κ1) is 15.4. The van der Waals surface area contributed by atoms with E-state index in [0.717, 1.165) is 26.9 Å². The smallest absolute Gasteiger partial charge is 0.100 e. The molecular weight excluding hydrogens is 348 g/mol. The van der Waals surface area contributed by atoms with Crippen molar-refractivity contribution in [3.8, 4) is 0 Å². The first-order chi connectivity index (χ1) is 11.3. The van der Waals surface area contributed by atoms with E-state index in [0.29, 0.717) is 0 Å². The molecule has 0 unspecified atom stereocenters. The zero-order valence-electron chi connectivity index (χ0n) is 12.4. The summed E-state index contributed by atoms with van der Waals surface area (Å²) in [6, 6.07) is 28.2. The van der Waals surface area contributed by atoms with Crippen LogP contribution in [0.15, 0.2) is 99.6 Å². The minimum absolute atomic E-state index is 0.861. The summed E-state index contributed by atoms with van der Waals surface area (Å²) in [4.78, 5) is 0. The summed E-state index contributed by atoms with van der Waals surface area (Å²) >= 11 is 3.43. The normalized spacial score (nSPS) is 10.7. The summed E-state index contributed by atoms with van der Waals surface area (Å²) in [7, 11) is 0. The topological polar surface area (TPSA) is 24.7 Å². The van der Waals surface area contributed by atoms with Gasteiger partial charge in [0.25, 0.3) is 0 Å². The van der Waals surface area contributed by atoms with Crippen LogP contribution in [0.4, 0.5) is 0 Å². The van der Waals surface area contributed by atoms with Gasteiger partial charge in [-0.05, 0) is 17.7 Å². The largest absolute Gasteiger partial charge is 0.158 e. The standard InChI is InChI=1S/C20H15BrN2/c21-19-13-11-16(12-14-19)15-22-23-20(17-7-3-1-4-8-17)18-9-5-2-6-10-18/h1-15H/b22-15-. The number of hydrogen-bond acceptors (Lipinski definition) is 2. The van der Waals surface area contributed by atoms with Gasteiger partial charge in [0.15, 0.2) is 0 Å². The molecule has 0 aliphatic rings. The van der Waals surface area contributed by atoms with E-state index in [9.17, 15) is 0 Å². The summed E-state index contributed by atoms with van der Waals surface area (Å²) in [5, 5.41) is 8.73.